The molecule has 0 aromatic carbocycles. The Morgan fingerprint density at radius 3 is 3.00 bits per heavy atom. The average molecular weight is 222 g/mol. The van der Waals surface area contributed by atoms with Crippen molar-refractivity contribution in [3.05, 3.63) is 23.2 Å². The highest BCUT2D eigenvalue weighted by Crippen LogP contribution is 2.27. The highest BCUT2D eigenvalue weighted by molar-refractivity contribution is 7.08. The lowest BCUT2D eigenvalue weighted by Crippen LogP contribution is -2.02. The SMILES string of the molecule is COc1ncnc(Nc2ccsc2)c1N. The minimum absolute atomic E-state index is 0.378. The third kappa shape index (κ3) is 1.99. The second-order valence-corrected chi connectivity index (χ2v) is 3.56. The van der Waals surface area contributed by atoms with E-state index in [0.717, 1.165) is 5.69 Å². The molecule has 2 aromatic rings. The Labute approximate surface area is 90.9 Å². The molecule has 2 rings (SSSR count). The van der Waals surface area contributed by atoms with Crippen LogP contribution in [0.1, 0.15) is 0 Å². The van der Waals surface area contributed by atoms with Crippen LogP contribution < -0.4 is 15.8 Å². The molecular formula is C9H10N4OS. The Morgan fingerprint density at radius 1 is 1.47 bits per heavy atom. The molecule has 0 amide bonds. The van der Waals surface area contributed by atoms with Gasteiger partial charge in [0.15, 0.2) is 5.82 Å². The molecule has 0 aliphatic heterocycles. The van der Waals surface area contributed by atoms with Crippen LogP contribution in [0.25, 0.3) is 0 Å². The van der Waals surface area contributed by atoms with Gasteiger partial charge in [0.2, 0.25) is 5.88 Å². The summed E-state index contributed by atoms with van der Waals surface area (Å²) in [7, 11) is 1.52. The minimum atomic E-state index is 0.378. The standard InChI is InChI=1S/C9H10N4OS/c1-14-9-7(10)8(11-5-12-9)13-6-2-3-15-4-6/h2-5H,10H2,1H3,(H,11,12,13). The molecule has 0 radical (unpaired) electrons. The van der Waals surface area contributed by atoms with Crippen molar-refractivity contribution in [1.29, 1.82) is 0 Å². The van der Waals surface area contributed by atoms with Gasteiger partial charge in [-0.25, -0.2) is 4.98 Å². The fourth-order valence-corrected chi connectivity index (χ4v) is 1.70. The van der Waals surface area contributed by atoms with Gasteiger partial charge in [-0.2, -0.15) is 16.3 Å². The van der Waals surface area contributed by atoms with E-state index in [0.29, 0.717) is 17.4 Å². The van der Waals surface area contributed by atoms with Crippen LogP contribution in [0, 0.1) is 0 Å². The van der Waals surface area contributed by atoms with Gasteiger partial charge in [0.1, 0.15) is 12.0 Å². The van der Waals surface area contributed by atoms with E-state index in [1.807, 2.05) is 16.8 Å². The van der Waals surface area contributed by atoms with Gasteiger partial charge >= 0.3 is 0 Å². The van der Waals surface area contributed by atoms with Crippen molar-refractivity contribution in [3.63, 3.8) is 0 Å². The van der Waals surface area contributed by atoms with Crippen LogP contribution in [-0.4, -0.2) is 17.1 Å². The lowest BCUT2D eigenvalue weighted by molar-refractivity contribution is 0.399. The summed E-state index contributed by atoms with van der Waals surface area (Å²) in [4.78, 5) is 7.93. The van der Waals surface area contributed by atoms with Crippen LogP contribution in [0.5, 0.6) is 5.88 Å². The van der Waals surface area contributed by atoms with Gasteiger partial charge in [0.25, 0.3) is 0 Å². The number of anilines is 3. The molecule has 0 saturated carbocycles. The second-order valence-electron chi connectivity index (χ2n) is 2.78. The highest BCUT2D eigenvalue weighted by atomic mass is 32.1. The Bertz CT molecular complexity index is 443. The van der Waals surface area contributed by atoms with Crippen molar-refractivity contribution in [1.82, 2.24) is 9.97 Å². The number of thiophene rings is 1. The van der Waals surface area contributed by atoms with Crippen molar-refractivity contribution >= 4 is 28.5 Å². The maximum absolute atomic E-state index is 5.80. The Hall–Kier alpha value is -1.82. The zero-order valence-electron chi connectivity index (χ0n) is 8.10. The molecule has 0 atom stereocenters. The van der Waals surface area contributed by atoms with Gasteiger partial charge in [-0.05, 0) is 11.4 Å². The summed E-state index contributed by atoms with van der Waals surface area (Å²) in [5.74, 6) is 0.933. The second kappa shape index (κ2) is 4.14. The van der Waals surface area contributed by atoms with Crippen molar-refractivity contribution in [2.45, 2.75) is 0 Å². The number of nitrogen functional groups attached to an aromatic ring is 1. The minimum Gasteiger partial charge on any atom is -0.479 e. The first kappa shape index (κ1) is 9.72. The molecule has 78 valence electrons. The number of methoxy groups -OCH3 is 1. The highest BCUT2D eigenvalue weighted by Gasteiger charge is 2.07. The van der Waals surface area contributed by atoms with Crippen LogP contribution >= 0.6 is 11.3 Å². The molecule has 0 bridgehead atoms. The van der Waals surface area contributed by atoms with E-state index >= 15 is 0 Å². The summed E-state index contributed by atoms with van der Waals surface area (Å²) < 4.78 is 4.99. The molecule has 3 N–H and O–H groups in total. The fourth-order valence-electron chi connectivity index (χ4n) is 1.11. The van der Waals surface area contributed by atoms with Crippen LogP contribution in [0.3, 0.4) is 0 Å². The number of nitrogens with one attached hydrogen (secondary N) is 1. The van der Waals surface area contributed by atoms with Crippen LogP contribution in [0.2, 0.25) is 0 Å². The van der Waals surface area contributed by atoms with Gasteiger partial charge in [-0.15, -0.1) is 0 Å². The topological polar surface area (TPSA) is 73.1 Å². The van der Waals surface area contributed by atoms with E-state index in [4.69, 9.17) is 10.5 Å². The van der Waals surface area contributed by atoms with Gasteiger partial charge in [-0.3, -0.25) is 0 Å². The number of nitrogens with two attached hydrogens (primary N) is 1. The summed E-state index contributed by atoms with van der Waals surface area (Å²) in [6, 6.07) is 1.94. The third-order valence-corrected chi connectivity index (χ3v) is 2.51. The number of rotatable bonds is 3. The monoisotopic (exact) mass is 222 g/mol. The number of aromatic nitrogens is 2. The maximum atomic E-state index is 5.80. The van der Waals surface area contributed by atoms with E-state index in [9.17, 15) is 0 Å². The first-order valence-electron chi connectivity index (χ1n) is 4.25. The van der Waals surface area contributed by atoms with Crippen molar-refractivity contribution in [2.24, 2.45) is 0 Å². The van der Waals surface area contributed by atoms with E-state index < -0.39 is 0 Å². The van der Waals surface area contributed by atoms with Crippen LogP contribution in [0.4, 0.5) is 17.2 Å². The van der Waals surface area contributed by atoms with Gasteiger partial charge < -0.3 is 15.8 Å². The Kier molecular flexibility index (Phi) is 2.68. The molecule has 15 heavy (non-hydrogen) atoms. The van der Waals surface area contributed by atoms with Gasteiger partial charge in [-0.1, -0.05) is 0 Å². The lowest BCUT2D eigenvalue weighted by Gasteiger charge is -2.08. The smallest absolute Gasteiger partial charge is 0.242 e. The molecular weight excluding hydrogens is 212 g/mol. The molecule has 0 aliphatic rings. The van der Waals surface area contributed by atoms with E-state index in [-0.39, 0.29) is 0 Å². The maximum Gasteiger partial charge on any atom is 0.242 e. The summed E-state index contributed by atoms with van der Waals surface area (Å²) in [6.07, 6.45) is 1.41. The predicted molar refractivity (Wildman–Crippen MR) is 60.6 cm³/mol. The summed E-state index contributed by atoms with van der Waals surface area (Å²) in [5, 5.41) is 7.02. The first-order chi connectivity index (χ1) is 7.31. The molecule has 0 saturated heterocycles. The largest absolute Gasteiger partial charge is 0.479 e. The molecule has 0 spiro atoms. The summed E-state index contributed by atoms with van der Waals surface area (Å²) >= 11 is 1.60. The molecule has 0 unspecified atom stereocenters. The van der Waals surface area contributed by atoms with Crippen molar-refractivity contribution in [2.75, 3.05) is 18.2 Å². The first-order valence-corrected chi connectivity index (χ1v) is 5.19. The molecule has 0 aliphatic carbocycles. The van der Waals surface area contributed by atoms with E-state index in [1.54, 1.807) is 11.3 Å². The quantitative estimate of drug-likeness (QED) is 0.829. The average Bonchev–Trinajstić information content (AvgIpc) is 2.74. The number of ether oxygens (including phenoxy) is 1. The number of hydrogen-bond acceptors (Lipinski definition) is 6. The zero-order valence-corrected chi connectivity index (χ0v) is 8.91. The number of hydrogen-bond donors (Lipinski definition) is 2. The number of nitrogens with zero attached hydrogens (tertiary/aromatic N) is 2. The molecule has 2 heterocycles. The molecule has 0 fully saturated rings. The lowest BCUT2D eigenvalue weighted by atomic mass is 10.4. The Balaban J connectivity index is 2.29. The molecule has 6 heteroatoms. The molecule has 2 aromatic heterocycles. The van der Waals surface area contributed by atoms with E-state index in [1.165, 1.54) is 13.4 Å². The third-order valence-electron chi connectivity index (χ3n) is 1.82. The normalized spacial score (nSPS) is 9.93. The van der Waals surface area contributed by atoms with Crippen molar-refractivity contribution < 1.29 is 4.74 Å². The molecule has 5 nitrogen and oxygen atoms in total. The van der Waals surface area contributed by atoms with E-state index in [2.05, 4.69) is 15.3 Å². The Morgan fingerprint density at radius 2 is 2.33 bits per heavy atom. The van der Waals surface area contributed by atoms with Crippen LogP contribution in [0.15, 0.2) is 23.2 Å². The van der Waals surface area contributed by atoms with Gasteiger partial charge in [0, 0.05) is 5.38 Å². The van der Waals surface area contributed by atoms with Crippen LogP contribution in [-0.2, 0) is 0 Å². The van der Waals surface area contributed by atoms with Gasteiger partial charge in [0.05, 0.1) is 12.8 Å². The summed E-state index contributed by atoms with van der Waals surface area (Å²) in [5.41, 5.74) is 7.16. The fraction of sp³-hybridized carbons (Fsp3) is 0.111. The zero-order chi connectivity index (χ0) is 10.7. The summed E-state index contributed by atoms with van der Waals surface area (Å²) in [6.45, 7) is 0. The predicted octanol–water partition coefficient (Wildman–Crippen LogP) is 1.87. The van der Waals surface area contributed by atoms with Crippen molar-refractivity contribution in [3.8, 4) is 5.88 Å².